The summed E-state index contributed by atoms with van der Waals surface area (Å²) in [5.41, 5.74) is 6.28. The van der Waals surface area contributed by atoms with E-state index in [9.17, 15) is 0 Å². The lowest BCUT2D eigenvalue weighted by molar-refractivity contribution is 0.145. The van der Waals surface area contributed by atoms with Gasteiger partial charge in [-0.1, -0.05) is 5.16 Å². The van der Waals surface area contributed by atoms with Crippen molar-refractivity contribution in [1.29, 1.82) is 0 Å². The van der Waals surface area contributed by atoms with Gasteiger partial charge < -0.3 is 15.3 Å². The van der Waals surface area contributed by atoms with Crippen molar-refractivity contribution in [1.82, 2.24) is 0 Å². The van der Waals surface area contributed by atoms with Crippen molar-refractivity contribution in [2.45, 2.75) is 6.42 Å². The van der Waals surface area contributed by atoms with Gasteiger partial charge in [0.05, 0.1) is 13.3 Å². The number of nitrogens with zero attached hydrogens (tertiary/aromatic N) is 1. The summed E-state index contributed by atoms with van der Waals surface area (Å²) in [6, 6.07) is 7.58. The van der Waals surface area contributed by atoms with Gasteiger partial charge in [0, 0.05) is 0 Å². The second-order valence-electron chi connectivity index (χ2n) is 2.98. The van der Waals surface area contributed by atoms with Crippen LogP contribution in [-0.2, 0) is 4.84 Å². The lowest BCUT2D eigenvalue weighted by Crippen LogP contribution is -2.02. The van der Waals surface area contributed by atoms with Gasteiger partial charge in [0.1, 0.15) is 12.4 Å². The molecule has 0 saturated heterocycles. The first kappa shape index (κ1) is 11.5. The fourth-order valence-corrected chi connectivity index (χ4v) is 0.989. The van der Waals surface area contributed by atoms with Gasteiger partial charge in [-0.15, -0.1) is 0 Å². The molecule has 0 aliphatic rings. The van der Waals surface area contributed by atoms with E-state index in [0.717, 1.165) is 17.7 Å². The molecule has 0 saturated carbocycles. The fourth-order valence-electron chi connectivity index (χ4n) is 0.989. The second kappa shape index (κ2) is 6.84. The van der Waals surface area contributed by atoms with Crippen molar-refractivity contribution in [2.24, 2.45) is 10.9 Å². The molecule has 0 spiro atoms. The number of nitrogens with two attached hydrogens (primary N) is 1. The third-order valence-electron chi connectivity index (χ3n) is 1.83. The monoisotopic (exact) mass is 208 g/mol. The number of ether oxygens (including phenoxy) is 1. The Morgan fingerprint density at radius 2 is 2.07 bits per heavy atom. The number of benzene rings is 1. The van der Waals surface area contributed by atoms with Crippen molar-refractivity contribution in [2.75, 3.05) is 20.3 Å². The largest absolute Gasteiger partial charge is 0.497 e. The van der Waals surface area contributed by atoms with Gasteiger partial charge in [0.2, 0.25) is 0 Å². The van der Waals surface area contributed by atoms with Gasteiger partial charge in [0.15, 0.2) is 0 Å². The van der Waals surface area contributed by atoms with E-state index in [0.29, 0.717) is 13.2 Å². The Morgan fingerprint density at radius 1 is 1.33 bits per heavy atom. The van der Waals surface area contributed by atoms with Gasteiger partial charge >= 0.3 is 0 Å². The molecule has 0 atom stereocenters. The molecule has 0 fully saturated rings. The summed E-state index contributed by atoms with van der Waals surface area (Å²) >= 11 is 0. The Morgan fingerprint density at radius 3 is 2.67 bits per heavy atom. The minimum Gasteiger partial charge on any atom is -0.497 e. The molecule has 15 heavy (non-hydrogen) atoms. The zero-order valence-corrected chi connectivity index (χ0v) is 8.85. The summed E-state index contributed by atoms with van der Waals surface area (Å²) in [6.45, 7) is 1.18. The normalized spacial score (nSPS) is 10.5. The van der Waals surface area contributed by atoms with Crippen LogP contribution in [0.5, 0.6) is 5.75 Å². The van der Waals surface area contributed by atoms with Crippen LogP contribution in [0.1, 0.15) is 12.0 Å². The Hall–Kier alpha value is -1.55. The van der Waals surface area contributed by atoms with E-state index in [1.54, 1.807) is 13.3 Å². The summed E-state index contributed by atoms with van der Waals surface area (Å²) in [6.07, 6.45) is 2.48. The van der Waals surface area contributed by atoms with Crippen LogP contribution in [0.3, 0.4) is 0 Å². The number of oxime groups is 1. The average molecular weight is 208 g/mol. The third-order valence-corrected chi connectivity index (χ3v) is 1.83. The van der Waals surface area contributed by atoms with Crippen LogP contribution in [0, 0.1) is 0 Å². The highest BCUT2D eigenvalue weighted by atomic mass is 16.6. The van der Waals surface area contributed by atoms with Crippen LogP contribution in [0.25, 0.3) is 0 Å². The Labute approximate surface area is 89.7 Å². The molecule has 0 radical (unpaired) electrons. The first-order chi connectivity index (χ1) is 7.36. The molecule has 0 aliphatic heterocycles. The number of methoxy groups -OCH3 is 1. The molecule has 0 bridgehead atoms. The predicted octanol–water partition coefficient (Wildman–Crippen LogP) is 1.39. The lowest BCUT2D eigenvalue weighted by Gasteiger charge is -1.99. The summed E-state index contributed by atoms with van der Waals surface area (Å²) < 4.78 is 5.04. The first-order valence-corrected chi connectivity index (χ1v) is 4.86. The van der Waals surface area contributed by atoms with Crippen LogP contribution in [0.4, 0.5) is 0 Å². The molecule has 82 valence electrons. The smallest absolute Gasteiger partial charge is 0.118 e. The molecule has 1 rings (SSSR count). The Bertz CT molecular complexity index is 296. The highest BCUT2D eigenvalue weighted by Gasteiger charge is 1.90. The van der Waals surface area contributed by atoms with Crippen molar-refractivity contribution in [3.8, 4) is 5.75 Å². The van der Waals surface area contributed by atoms with E-state index >= 15 is 0 Å². The minimum atomic E-state index is 0.559. The van der Waals surface area contributed by atoms with E-state index in [2.05, 4.69) is 5.16 Å². The molecule has 0 heterocycles. The number of hydrogen-bond acceptors (Lipinski definition) is 4. The van der Waals surface area contributed by atoms with Gasteiger partial charge in [-0.05, 0) is 42.8 Å². The van der Waals surface area contributed by atoms with Crippen LogP contribution >= 0.6 is 0 Å². The molecular formula is C11H16N2O2. The number of rotatable bonds is 6. The van der Waals surface area contributed by atoms with Crippen LogP contribution < -0.4 is 10.5 Å². The zero-order chi connectivity index (χ0) is 10.9. The highest BCUT2D eigenvalue weighted by Crippen LogP contribution is 2.09. The van der Waals surface area contributed by atoms with E-state index in [4.69, 9.17) is 15.3 Å². The van der Waals surface area contributed by atoms with Crippen molar-refractivity contribution >= 4 is 6.21 Å². The fraction of sp³-hybridized carbons (Fsp3) is 0.364. The average Bonchev–Trinajstić information content (AvgIpc) is 2.30. The molecule has 0 unspecified atom stereocenters. The van der Waals surface area contributed by atoms with E-state index in [1.807, 2.05) is 24.3 Å². The summed E-state index contributed by atoms with van der Waals surface area (Å²) in [4.78, 5) is 4.99. The summed E-state index contributed by atoms with van der Waals surface area (Å²) in [5.74, 6) is 0.830. The molecule has 0 aliphatic carbocycles. The maximum atomic E-state index is 5.31. The molecule has 0 aromatic heterocycles. The third kappa shape index (κ3) is 4.46. The van der Waals surface area contributed by atoms with Gasteiger partial charge in [-0.3, -0.25) is 0 Å². The molecule has 4 nitrogen and oxygen atoms in total. The van der Waals surface area contributed by atoms with Crippen molar-refractivity contribution in [3.05, 3.63) is 29.8 Å². The molecule has 1 aromatic carbocycles. The molecule has 0 amide bonds. The molecular weight excluding hydrogens is 192 g/mol. The van der Waals surface area contributed by atoms with Crippen LogP contribution in [-0.4, -0.2) is 26.5 Å². The Balaban J connectivity index is 2.36. The first-order valence-electron chi connectivity index (χ1n) is 4.86. The maximum absolute atomic E-state index is 5.31. The quantitative estimate of drug-likeness (QED) is 0.436. The standard InChI is InChI=1S/C11H16N2O2/c1-14-11-5-3-10(4-6-11)9-13-15-8-2-7-12/h3-6,9H,2,7-8,12H2,1H3. The molecule has 4 heteroatoms. The van der Waals surface area contributed by atoms with Crippen LogP contribution in [0.15, 0.2) is 29.4 Å². The topological polar surface area (TPSA) is 56.8 Å². The van der Waals surface area contributed by atoms with E-state index in [-0.39, 0.29) is 0 Å². The zero-order valence-electron chi connectivity index (χ0n) is 8.85. The minimum absolute atomic E-state index is 0.559. The highest BCUT2D eigenvalue weighted by molar-refractivity contribution is 5.79. The Kier molecular flexibility index (Phi) is 5.25. The van der Waals surface area contributed by atoms with E-state index in [1.165, 1.54) is 0 Å². The summed E-state index contributed by atoms with van der Waals surface area (Å²) in [5, 5.41) is 3.81. The summed E-state index contributed by atoms with van der Waals surface area (Å²) in [7, 11) is 1.64. The van der Waals surface area contributed by atoms with Crippen LogP contribution in [0.2, 0.25) is 0 Å². The van der Waals surface area contributed by atoms with Gasteiger partial charge in [0.25, 0.3) is 0 Å². The maximum Gasteiger partial charge on any atom is 0.118 e. The predicted molar refractivity (Wildman–Crippen MR) is 60.2 cm³/mol. The second-order valence-corrected chi connectivity index (χ2v) is 2.98. The molecule has 1 aromatic rings. The number of hydrogen-bond donors (Lipinski definition) is 1. The van der Waals surface area contributed by atoms with E-state index < -0.39 is 0 Å². The van der Waals surface area contributed by atoms with Crippen molar-refractivity contribution < 1.29 is 9.57 Å². The molecule has 2 N–H and O–H groups in total. The lowest BCUT2D eigenvalue weighted by atomic mass is 10.2. The SMILES string of the molecule is COc1ccc(C=NOCCCN)cc1. The van der Waals surface area contributed by atoms with Gasteiger partial charge in [-0.25, -0.2) is 0 Å². The van der Waals surface area contributed by atoms with Gasteiger partial charge in [-0.2, -0.15) is 0 Å². The van der Waals surface area contributed by atoms with Crippen molar-refractivity contribution in [3.63, 3.8) is 0 Å².